The summed E-state index contributed by atoms with van der Waals surface area (Å²) in [7, 11) is 0. The second-order valence-electron chi connectivity index (χ2n) is 5.64. The summed E-state index contributed by atoms with van der Waals surface area (Å²) in [5.41, 5.74) is 3.77. The van der Waals surface area contributed by atoms with Gasteiger partial charge in [-0.05, 0) is 43.3 Å². The van der Waals surface area contributed by atoms with E-state index in [1.807, 2.05) is 31.2 Å². The summed E-state index contributed by atoms with van der Waals surface area (Å²) >= 11 is 3.37. The molecular weight excluding hydrogens is 354 g/mol. The van der Waals surface area contributed by atoms with E-state index in [0.717, 1.165) is 20.9 Å². The highest BCUT2D eigenvalue weighted by molar-refractivity contribution is 9.10. The van der Waals surface area contributed by atoms with Crippen LogP contribution in [0.1, 0.15) is 27.2 Å². The first-order valence-corrected chi connectivity index (χ1v) is 7.99. The van der Waals surface area contributed by atoms with Crippen LogP contribution < -0.4 is 0 Å². The Morgan fingerprint density at radius 3 is 2.65 bits per heavy atom. The molecule has 4 heteroatoms. The Labute approximate surface area is 141 Å². The van der Waals surface area contributed by atoms with Gasteiger partial charge in [0, 0.05) is 21.0 Å². The number of pyridine rings is 1. The maximum absolute atomic E-state index is 12.6. The number of carbonyl (C=O) groups excluding carboxylic acids is 1. The van der Waals surface area contributed by atoms with Crippen molar-refractivity contribution in [3.8, 4) is 0 Å². The fourth-order valence-corrected chi connectivity index (χ4v) is 3.27. The van der Waals surface area contributed by atoms with Crippen LogP contribution in [0.3, 0.4) is 0 Å². The lowest BCUT2D eigenvalue weighted by Gasteiger charge is -2.04. The molecule has 1 aliphatic carbocycles. The first kappa shape index (κ1) is 14.2. The van der Waals surface area contributed by atoms with Crippen molar-refractivity contribution in [2.75, 3.05) is 0 Å². The molecule has 0 saturated carbocycles. The standard InChI is InChI=1S/C19H12BrNO2/c1-10-2-6-15-11(8-10)3-7-16(21-15)17-18(22)13-5-4-12(20)9-14(13)19(17)23/h2-9,23H,1H3. The summed E-state index contributed by atoms with van der Waals surface area (Å²) in [6, 6.07) is 14.9. The Bertz CT molecular complexity index is 1020. The molecule has 112 valence electrons. The molecule has 0 spiro atoms. The van der Waals surface area contributed by atoms with Gasteiger partial charge in [0.15, 0.2) is 5.78 Å². The van der Waals surface area contributed by atoms with Crippen molar-refractivity contribution in [1.29, 1.82) is 0 Å². The van der Waals surface area contributed by atoms with Crippen molar-refractivity contribution in [1.82, 2.24) is 4.98 Å². The predicted molar refractivity (Wildman–Crippen MR) is 94.4 cm³/mol. The van der Waals surface area contributed by atoms with Gasteiger partial charge in [-0.1, -0.05) is 33.6 Å². The molecule has 23 heavy (non-hydrogen) atoms. The topological polar surface area (TPSA) is 50.2 Å². The van der Waals surface area contributed by atoms with Crippen molar-refractivity contribution >= 4 is 43.9 Å². The van der Waals surface area contributed by atoms with Gasteiger partial charge in [-0.15, -0.1) is 0 Å². The lowest BCUT2D eigenvalue weighted by Crippen LogP contribution is -2.00. The van der Waals surface area contributed by atoms with Crippen molar-refractivity contribution in [3.63, 3.8) is 0 Å². The third-order valence-corrected chi connectivity index (χ3v) is 4.54. The molecule has 0 saturated heterocycles. The number of ketones is 1. The number of aromatic nitrogens is 1. The van der Waals surface area contributed by atoms with Gasteiger partial charge in [0.25, 0.3) is 0 Å². The molecule has 3 nitrogen and oxygen atoms in total. The number of carbonyl (C=O) groups is 1. The molecular formula is C19H12BrNO2. The van der Waals surface area contributed by atoms with Crippen molar-refractivity contribution < 1.29 is 9.90 Å². The molecule has 0 radical (unpaired) electrons. The summed E-state index contributed by atoms with van der Waals surface area (Å²) in [4.78, 5) is 17.2. The predicted octanol–water partition coefficient (Wildman–Crippen LogP) is 4.93. The molecule has 2 aromatic carbocycles. The first-order valence-electron chi connectivity index (χ1n) is 7.20. The highest BCUT2D eigenvalue weighted by Gasteiger charge is 2.31. The average Bonchev–Trinajstić information content (AvgIpc) is 2.78. The molecule has 1 N–H and O–H groups in total. The largest absolute Gasteiger partial charge is 0.506 e. The van der Waals surface area contributed by atoms with E-state index in [4.69, 9.17) is 0 Å². The zero-order valence-corrected chi connectivity index (χ0v) is 13.9. The van der Waals surface area contributed by atoms with E-state index >= 15 is 0 Å². The zero-order chi connectivity index (χ0) is 16.1. The van der Waals surface area contributed by atoms with Gasteiger partial charge >= 0.3 is 0 Å². The van der Waals surface area contributed by atoms with Gasteiger partial charge in [-0.3, -0.25) is 4.79 Å². The molecule has 0 aliphatic heterocycles. The number of rotatable bonds is 1. The molecule has 0 amide bonds. The Morgan fingerprint density at radius 1 is 1.00 bits per heavy atom. The van der Waals surface area contributed by atoms with Crippen molar-refractivity contribution in [2.45, 2.75) is 6.92 Å². The molecule has 1 heterocycles. The van der Waals surface area contributed by atoms with Gasteiger partial charge in [0.05, 0.1) is 16.8 Å². The number of halogens is 1. The Hall–Kier alpha value is -2.46. The second-order valence-corrected chi connectivity index (χ2v) is 6.55. The van der Waals surface area contributed by atoms with Crippen LogP contribution in [-0.2, 0) is 0 Å². The zero-order valence-electron chi connectivity index (χ0n) is 12.3. The van der Waals surface area contributed by atoms with Crippen LogP contribution in [0.2, 0.25) is 0 Å². The van der Waals surface area contributed by atoms with Gasteiger partial charge in [0.2, 0.25) is 0 Å². The molecule has 0 atom stereocenters. The summed E-state index contributed by atoms with van der Waals surface area (Å²) < 4.78 is 0.818. The Balaban J connectivity index is 1.91. The normalized spacial score (nSPS) is 13.7. The number of aryl methyl sites for hydroxylation is 1. The minimum Gasteiger partial charge on any atom is -0.506 e. The summed E-state index contributed by atoms with van der Waals surface area (Å²) in [5.74, 6) is -0.200. The van der Waals surface area contributed by atoms with Crippen molar-refractivity contribution in [3.05, 3.63) is 75.4 Å². The number of hydrogen-bond acceptors (Lipinski definition) is 3. The number of hydrogen-bond donors (Lipinski definition) is 1. The fraction of sp³-hybridized carbons (Fsp3) is 0.0526. The average molecular weight is 366 g/mol. The number of aliphatic hydroxyl groups is 1. The summed E-state index contributed by atoms with van der Waals surface area (Å²) in [5, 5.41) is 11.5. The molecule has 0 unspecified atom stereocenters. The van der Waals surface area contributed by atoms with Crippen LogP contribution in [0.25, 0.3) is 22.2 Å². The van der Waals surface area contributed by atoms with E-state index in [1.54, 1.807) is 24.3 Å². The highest BCUT2D eigenvalue weighted by Crippen LogP contribution is 2.37. The number of fused-ring (bicyclic) bond motifs is 2. The third-order valence-electron chi connectivity index (χ3n) is 4.05. The molecule has 0 fully saturated rings. The number of allylic oxidation sites excluding steroid dienone is 1. The lowest BCUT2D eigenvalue weighted by atomic mass is 10.0. The van der Waals surface area contributed by atoms with Crippen LogP contribution in [0.15, 0.2) is 53.0 Å². The Kier molecular flexibility index (Phi) is 3.10. The maximum atomic E-state index is 12.6. The van der Waals surface area contributed by atoms with Crippen LogP contribution in [0.4, 0.5) is 0 Å². The third kappa shape index (κ3) is 2.18. The fourth-order valence-electron chi connectivity index (χ4n) is 2.91. The molecule has 1 aromatic heterocycles. The second kappa shape index (κ2) is 5.03. The van der Waals surface area contributed by atoms with E-state index in [9.17, 15) is 9.90 Å². The number of aliphatic hydroxyl groups excluding tert-OH is 1. The Morgan fingerprint density at radius 2 is 1.83 bits per heavy atom. The van der Waals surface area contributed by atoms with Crippen molar-refractivity contribution in [2.24, 2.45) is 0 Å². The number of Topliss-reactive ketones (excluding diaryl/α,β-unsaturated/α-hetero) is 1. The molecule has 1 aliphatic rings. The summed E-state index contributed by atoms with van der Waals surface area (Å²) in [6.07, 6.45) is 0. The lowest BCUT2D eigenvalue weighted by molar-refractivity contribution is 0.105. The van der Waals surface area contributed by atoms with Crippen LogP contribution >= 0.6 is 15.9 Å². The molecule has 0 bridgehead atoms. The molecule has 4 rings (SSSR count). The van der Waals surface area contributed by atoms with Crippen LogP contribution in [0.5, 0.6) is 0 Å². The van der Waals surface area contributed by atoms with Gasteiger partial charge in [0.1, 0.15) is 5.76 Å². The van der Waals surface area contributed by atoms with Gasteiger partial charge < -0.3 is 5.11 Å². The van der Waals surface area contributed by atoms with Gasteiger partial charge in [-0.2, -0.15) is 0 Å². The van der Waals surface area contributed by atoms with E-state index in [2.05, 4.69) is 20.9 Å². The van der Waals surface area contributed by atoms with Crippen LogP contribution in [-0.4, -0.2) is 15.9 Å². The minimum absolute atomic E-state index is 0.00902. The smallest absolute Gasteiger partial charge is 0.199 e. The molecule has 3 aromatic rings. The maximum Gasteiger partial charge on any atom is 0.199 e. The number of nitrogens with zero attached hydrogens (tertiary/aromatic N) is 1. The summed E-state index contributed by atoms with van der Waals surface area (Å²) in [6.45, 7) is 2.02. The van der Waals surface area contributed by atoms with Gasteiger partial charge in [-0.25, -0.2) is 4.98 Å². The monoisotopic (exact) mass is 365 g/mol. The quantitative estimate of drug-likeness (QED) is 0.665. The highest BCUT2D eigenvalue weighted by atomic mass is 79.9. The van der Waals surface area contributed by atoms with E-state index in [1.165, 1.54) is 0 Å². The minimum atomic E-state index is -0.191. The van der Waals surface area contributed by atoms with E-state index < -0.39 is 0 Å². The first-order chi connectivity index (χ1) is 11.0. The van der Waals surface area contributed by atoms with E-state index in [0.29, 0.717) is 16.8 Å². The van der Waals surface area contributed by atoms with E-state index in [-0.39, 0.29) is 17.1 Å². The van der Waals surface area contributed by atoms with Crippen LogP contribution in [0, 0.1) is 6.92 Å². The SMILES string of the molecule is Cc1ccc2nc(C3=C(O)c4cc(Br)ccc4C3=O)ccc2c1. The number of benzene rings is 2.